The number of phenols is 1. The molecule has 0 saturated heterocycles. The largest absolute Gasteiger partial charge is 0.507 e. The van der Waals surface area contributed by atoms with Crippen molar-refractivity contribution in [2.75, 3.05) is 6.54 Å². The van der Waals surface area contributed by atoms with Gasteiger partial charge in [0.1, 0.15) is 11.6 Å². The van der Waals surface area contributed by atoms with Gasteiger partial charge in [0.2, 0.25) is 0 Å². The number of benzene rings is 1. The number of hydrogen-bond acceptors (Lipinski definition) is 2. The third kappa shape index (κ3) is 3.46. The van der Waals surface area contributed by atoms with Crippen molar-refractivity contribution in [2.45, 2.75) is 39.0 Å². The molecular formula is C15H20FNO2. The number of carbonyl (C=O) groups is 1. The summed E-state index contributed by atoms with van der Waals surface area (Å²) >= 11 is 0. The molecule has 2 N–H and O–H groups in total. The van der Waals surface area contributed by atoms with E-state index in [1.807, 2.05) is 0 Å². The molecule has 19 heavy (non-hydrogen) atoms. The number of nitrogens with one attached hydrogen (secondary N) is 1. The van der Waals surface area contributed by atoms with Gasteiger partial charge in [-0.3, -0.25) is 4.79 Å². The Kier molecular flexibility index (Phi) is 4.08. The average molecular weight is 265 g/mol. The molecule has 0 spiro atoms. The summed E-state index contributed by atoms with van der Waals surface area (Å²) in [6.07, 6.45) is 5.84. The van der Waals surface area contributed by atoms with E-state index in [-0.39, 0.29) is 16.7 Å². The van der Waals surface area contributed by atoms with Crippen LogP contribution in [0.4, 0.5) is 4.39 Å². The zero-order valence-corrected chi connectivity index (χ0v) is 11.2. The molecule has 0 heterocycles. The molecule has 1 saturated carbocycles. The second kappa shape index (κ2) is 5.59. The molecule has 1 aliphatic rings. The van der Waals surface area contributed by atoms with E-state index in [4.69, 9.17) is 0 Å². The van der Waals surface area contributed by atoms with Crippen molar-refractivity contribution in [3.05, 3.63) is 29.6 Å². The van der Waals surface area contributed by atoms with Crippen LogP contribution in [0.1, 0.15) is 49.4 Å². The first kappa shape index (κ1) is 13.8. The molecule has 104 valence electrons. The van der Waals surface area contributed by atoms with E-state index >= 15 is 0 Å². The van der Waals surface area contributed by atoms with Gasteiger partial charge in [-0.05, 0) is 36.5 Å². The van der Waals surface area contributed by atoms with Crippen molar-refractivity contribution in [1.29, 1.82) is 0 Å². The van der Waals surface area contributed by atoms with Crippen molar-refractivity contribution in [3.8, 4) is 5.75 Å². The Balaban J connectivity index is 1.99. The van der Waals surface area contributed by atoms with Crippen molar-refractivity contribution in [3.63, 3.8) is 0 Å². The van der Waals surface area contributed by atoms with Gasteiger partial charge in [0.25, 0.3) is 5.91 Å². The fraction of sp³-hybridized carbons (Fsp3) is 0.533. The zero-order chi connectivity index (χ0) is 13.9. The summed E-state index contributed by atoms with van der Waals surface area (Å²) in [5.74, 6) is -1.12. The van der Waals surface area contributed by atoms with Crippen molar-refractivity contribution in [1.82, 2.24) is 5.32 Å². The topological polar surface area (TPSA) is 49.3 Å². The summed E-state index contributed by atoms with van der Waals surface area (Å²) < 4.78 is 13.1. The molecule has 1 aromatic rings. The van der Waals surface area contributed by atoms with E-state index in [9.17, 15) is 14.3 Å². The number of aromatic hydroxyl groups is 1. The van der Waals surface area contributed by atoms with Gasteiger partial charge in [-0.25, -0.2) is 4.39 Å². The Morgan fingerprint density at radius 3 is 2.74 bits per heavy atom. The minimum Gasteiger partial charge on any atom is -0.507 e. The monoisotopic (exact) mass is 265 g/mol. The zero-order valence-electron chi connectivity index (χ0n) is 11.2. The van der Waals surface area contributed by atoms with E-state index in [0.717, 1.165) is 25.0 Å². The lowest BCUT2D eigenvalue weighted by atomic mass is 9.76. The summed E-state index contributed by atoms with van der Waals surface area (Å²) in [4.78, 5) is 12.0. The number of halogens is 1. The maximum Gasteiger partial charge on any atom is 0.255 e. The van der Waals surface area contributed by atoms with Crippen LogP contribution in [0.3, 0.4) is 0 Å². The highest BCUT2D eigenvalue weighted by atomic mass is 19.1. The molecule has 0 atom stereocenters. The molecule has 0 radical (unpaired) electrons. The average Bonchev–Trinajstić information content (AvgIpc) is 2.40. The van der Waals surface area contributed by atoms with Gasteiger partial charge in [0.15, 0.2) is 0 Å². The molecule has 0 aliphatic heterocycles. The number of phenolic OH excluding ortho intramolecular Hbond substituents is 1. The maximum absolute atomic E-state index is 13.1. The van der Waals surface area contributed by atoms with Crippen LogP contribution >= 0.6 is 0 Å². The number of carbonyl (C=O) groups excluding carboxylic acids is 1. The Hall–Kier alpha value is -1.58. The van der Waals surface area contributed by atoms with Crippen LogP contribution in [0.25, 0.3) is 0 Å². The molecular weight excluding hydrogens is 245 g/mol. The summed E-state index contributed by atoms with van der Waals surface area (Å²) in [6, 6.07) is 3.40. The maximum atomic E-state index is 13.1. The Bertz CT molecular complexity index is 467. The molecule has 1 aromatic carbocycles. The van der Waals surface area contributed by atoms with E-state index in [1.165, 1.54) is 25.3 Å². The molecule has 4 heteroatoms. The molecule has 0 bridgehead atoms. The van der Waals surface area contributed by atoms with Crippen LogP contribution in [0, 0.1) is 11.2 Å². The summed E-state index contributed by atoms with van der Waals surface area (Å²) in [5.41, 5.74) is 0.121. The van der Waals surface area contributed by atoms with E-state index in [0.29, 0.717) is 6.54 Å². The molecule has 2 rings (SSSR count). The molecule has 0 aromatic heterocycles. The lowest BCUT2D eigenvalue weighted by Crippen LogP contribution is -2.37. The first-order chi connectivity index (χ1) is 9.00. The Labute approximate surface area is 112 Å². The fourth-order valence-electron chi connectivity index (χ4n) is 2.66. The van der Waals surface area contributed by atoms with Crippen LogP contribution in [0.15, 0.2) is 18.2 Å². The SMILES string of the molecule is CC1(CNC(=O)c2cc(F)ccc2O)CCCCC1. The standard InChI is InChI=1S/C15H20FNO2/c1-15(7-3-2-4-8-15)10-17-14(19)12-9-11(16)5-6-13(12)18/h5-6,9,18H,2-4,7-8,10H2,1H3,(H,17,19). The van der Waals surface area contributed by atoms with Gasteiger partial charge in [-0.2, -0.15) is 0 Å². The third-order valence-corrected chi connectivity index (χ3v) is 3.94. The van der Waals surface area contributed by atoms with Crippen LogP contribution in [0.5, 0.6) is 5.75 Å². The smallest absolute Gasteiger partial charge is 0.255 e. The first-order valence-electron chi connectivity index (χ1n) is 6.77. The van der Waals surface area contributed by atoms with Gasteiger partial charge in [-0.15, -0.1) is 0 Å². The fourth-order valence-corrected chi connectivity index (χ4v) is 2.66. The lowest BCUT2D eigenvalue weighted by Gasteiger charge is -2.33. The van der Waals surface area contributed by atoms with Crippen LogP contribution in [-0.4, -0.2) is 17.6 Å². The predicted octanol–water partition coefficient (Wildman–Crippen LogP) is 3.23. The normalized spacial score (nSPS) is 18.0. The minimum absolute atomic E-state index is 0.000547. The first-order valence-corrected chi connectivity index (χ1v) is 6.77. The van der Waals surface area contributed by atoms with Gasteiger partial charge < -0.3 is 10.4 Å². The molecule has 1 amide bonds. The molecule has 0 unspecified atom stereocenters. The summed E-state index contributed by atoms with van der Waals surface area (Å²) in [6.45, 7) is 2.74. The summed E-state index contributed by atoms with van der Waals surface area (Å²) in [7, 11) is 0. The summed E-state index contributed by atoms with van der Waals surface area (Å²) in [5, 5.41) is 12.4. The highest BCUT2D eigenvalue weighted by Gasteiger charge is 2.27. The van der Waals surface area contributed by atoms with Gasteiger partial charge >= 0.3 is 0 Å². The molecule has 1 aliphatic carbocycles. The van der Waals surface area contributed by atoms with E-state index in [1.54, 1.807) is 0 Å². The Morgan fingerprint density at radius 1 is 1.37 bits per heavy atom. The van der Waals surface area contributed by atoms with Crippen LogP contribution in [0.2, 0.25) is 0 Å². The van der Waals surface area contributed by atoms with Crippen LogP contribution in [-0.2, 0) is 0 Å². The van der Waals surface area contributed by atoms with E-state index < -0.39 is 11.7 Å². The van der Waals surface area contributed by atoms with E-state index in [2.05, 4.69) is 12.2 Å². The van der Waals surface area contributed by atoms with Crippen molar-refractivity contribution in [2.24, 2.45) is 5.41 Å². The predicted molar refractivity (Wildman–Crippen MR) is 71.6 cm³/mol. The minimum atomic E-state index is -0.521. The highest BCUT2D eigenvalue weighted by molar-refractivity contribution is 5.96. The van der Waals surface area contributed by atoms with Crippen molar-refractivity contribution < 1.29 is 14.3 Å². The second-order valence-corrected chi connectivity index (χ2v) is 5.72. The molecule has 1 fully saturated rings. The quantitative estimate of drug-likeness (QED) is 0.881. The second-order valence-electron chi connectivity index (χ2n) is 5.72. The van der Waals surface area contributed by atoms with Gasteiger partial charge in [0, 0.05) is 6.54 Å². The number of amides is 1. The highest BCUT2D eigenvalue weighted by Crippen LogP contribution is 2.35. The van der Waals surface area contributed by atoms with Crippen molar-refractivity contribution >= 4 is 5.91 Å². The molecule has 3 nitrogen and oxygen atoms in total. The Morgan fingerprint density at radius 2 is 2.05 bits per heavy atom. The lowest BCUT2D eigenvalue weighted by molar-refractivity contribution is 0.0916. The van der Waals surface area contributed by atoms with Gasteiger partial charge in [-0.1, -0.05) is 26.2 Å². The number of rotatable bonds is 3. The third-order valence-electron chi connectivity index (χ3n) is 3.94. The van der Waals surface area contributed by atoms with Gasteiger partial charge in [0.05, 0.1) is 5.56 Å². The number of hydrogen-bond donors (Lipinski definition) is 2. The van der Waals surface area contributed by atoms with Crippen LogP contribution < -0.4 is 5.32 Å².